The molecule has 0 aliphatic heterocycles. The number of hydrogen-bond acceptors (Lipinski definition) is 7. The van der Waals surface area contributed by atoms with Gasteiger partial charge in [0.15, 0.2) is 0 Å². The molecule has 0 bridgehead atoms. The molecule has 7 heteroatoms. The predicted octanol–water partition coefficient (Wildman–Crippen LogP) is 0.839. The van der Waals surface area contributed by atoms with Gasteiger partial charge in [0.1, 0.15) is 0 Å². The highest BCUT2D eigenvalue weighted by Crippen LogP contribution is 1.98. The molecular formula is C10H14O7. The number of carbonyl (C=O) groups excluding carboxylic acids is 3. The van der Waals surface area contributed by atoms with Gasteiger partial charge in [0.25, 0.3) is 0 Å². The van der Waals surface area contributed by atoms with E-state index in [0.29, 0.717) is 0 Å². The Hall–Kier alpha value is -1.89. The summed E-state index contributed by atoms with van der Waals surface area (Å²) in [5.41, 5.74) is 0.0903. The average Bonchev–Trinajstić information content (AvgIpc) is 2.26. The summed E-state index contributed by atoms with van der Waals surface area (Å²) in [6.45, 7) is 6.56. The Morgan fingerprint density at radius 2 is 1.65 bits per heavy atom. The van der Waals surface area contributed by atoms with Crippen LogP contribution in [0.15, 0.2) is 12.2 Å². The van der Waals surface area contributed by atoms with Crippen molar-refractivity contribution in [3.63, 3.8) is 0 Å². The summed E-state index contributed by atoms with van der Waals surface area (Å²) in [5, 5.41) is 3.90. The molecule has 0 fully saturated rings. The van der Waals surface area contributed by atoms with E-state index in [2.05, 4.69) is 26.1 Å². The maximum absolute atomic E-state index is 10.9. The van der Waals surface area contributed by atoms with E-state index < -0.39 is 17.9 Å². The zero-order valence-corrected chi connectivity index (χ0v) is 9.69. The van der Waals surface area contributed by atoms with E-state index in [4.69, 9.17) is 0 Å². The molecule has 17 heavy (non-hydrogen) atoms. The van der Waals surface area contributed by atoms with Crippen LogP contribution in [0.3, 0.4) is 0 Å². The first-order valence-electron chi connectivity index (χ1n) is 4.86. The lowest BCUT2D eigenvalue weighted by Crippen LogP contribution is -2.13. The first-order valence-corrected chi connectivity index (χ1v) is 4.86. The van der Waals surface area contributed by atoms with Gasteiger partial charge in [-0.15, -0.1) is 0 Å². The van der Waals surface area contributed by atoms with Gasteiger partial charge in [-0.05, 0) is 13.8 Å². The molecule has 0 rings (SSSR count). The second kappa shape index (κ2) is 8.28. The minimum absolute atomic E-state index is 0.0903. The Morgan fingerprint density at radius 1 is 1.06 bits per heavy atom. The lowest BCUT2D eigenvalue weighted by atomic mass is 10.3. The highest BCUT2D eigenvalue weighted by atomic mass is 17.5. The molecule has 0 radical (unpaired) electrons. The largest absolute Gasteiger partial charge is 0.466 e. The summed E-state index contributed by atoms with van der Waals surface area (Å²) in [4.78, 5) is 40.6. The van der Waals surface area contributed by atoms with Gasteiger partial charge in [-0.2, -0.15) is 0 Å². The monoisotopic (exact) mass is 246 g/mol. The van der Waals surface area contributed by atoms with Crippen molar-refractivity contribution in [2.24, 2.45) is 0 Å². The van der Waals surface area contributed by atoms with Crippen LogP contribution in [-0.4, -0.2) is 24.5 Å². The molecule has 0 saturated heterocycles. The fraction of sp³-hybridized carbons (Fsp3) is 0.500. The van der Waals surface area contributed by atoms with Crippen molar-refractivity contribution in [1.82, 2.24) is 0 Å². The third-order valence-corrected chi connectivity index (χ3v) is 1.42. The fourth-order valence-corrected chi connectivity index (χ4v) is 0.636. The summed E-state index contributed by atoms with van der Waals surface area (Å²) in [5.74, 6) is -2.24. The van der Waals surface area contributed by atoms with Gasteiger partial charge in [-0.3, -0.25) is 14.6 Å². The maximum Gasteiger partial charge on any atom is 0.372 e. The average molecular weight is 246 g/mol. The number of esters is 1. The van der Waals surface area contributed by atoms with Crippen LogP contribution >= 0.6 is 0 Å². The van der Waals surface area contributed by atoms with Crippen molar-refractivity contribution in [2.45, 2.75) is 26.7 Å². The lowest BCUT2D eigenvalue weighted by molar-refractivity contribution is -0.458. The molecule has 0 aliphatic carbocycles. The van der Waals surface area contributed by atoms with Gasteiger partial charge >= 0.3 is 17.9 Å². The third kappa shape index (κ3) is 7.97. The standard InChI is InChI=1S/C10H14O7/c1-4-14-8(11)5-6-9(12)15-17-16-10(13)7(2)3/h2,4-6H2,1,3H3. The molecular weight excluding hydrogens is 232 g/mol. The van der Waals surface area contributed by atoms with Gasteiger partial charge in [0, 0.05) is 10.6 Å². The van der Waals surface area contributed by atoms with Crippen molar-refractivity contribution < 1.29 is 33.9 Å². The summed E-state index contributed by atoms with van der Waals surface area (Å²) in [7, 11) is 0. The van der Waals surface area contributed by atoms with Crippen LogP contribution in [0.5, 0.6) is 0 Å². The van der Waals surface area contributed by atoms with Crippen molar-refractivity contribution in [1.29, 1.82) is 0 Å². The number of rotatable bonds is 7. The molecule has 0 unspecified atom stereocenters. The highest BCUT2D eigenvalue weighted by molar-refractivity contribution is 5.86. The Kier molecular flexibility index (Phi) is 7.36. The van der Waals surface area contributed by atoms with E-state index in [-0.39, 0.29) is 25.0 Å². The zero-order chi connectivity index (χ0) is 13.3. The highest BCUT2D eigenvalue weighted by Gasteiger charge is 2.11. The first kappa shape index (κ1) is 15.1. The molecule has 0 aromatic carbocycles. The predicted molar refractivity (Wildman–Crippen MR) is 54.0 cm³/mol. The van der Waals surface area contributed by atoms with Gasteiger partial charge in [-0.1, -0.05) is 6.58 Å². The normalized spacial score (nSPS) is 9.29. The van der Waals surface area contributed by atoms with Crippen LogP contribution in [0.1, 0.15) is 26.7 Å². The molecule has 0 N–H and O–H groups in total. The minimum atomic E-state index is -0.858. The van der Waals surface area contributed by atoms with E-state index >= 15 is 0 Å². The Labute approximate surface area is 98.1 Å². The number of hydrogen-bond donors (Lipinski definition) is 0. The van der Waals surface area contributed by atoms with Gasteiger partial charge in [0.05, 0.1) is 19.4 Å². The molecule has 0 atom stereocenters. The van der Waals surface area contributed by atoms with E-state index in [0.717, 1.165) is 0 Å². The Bertz CT molecular complexity index is 308. The van der Waals surface area contributed by atoms with E-state index in [1.165, 1.54) is 6.92 Å². The molecule has 0 saturated carbocycles. The van der Waals surface area contributed by atoms with Crippen molar-refractivity contribution in [3.05, 3.63) is 12.2 Å². The smallest absolute Gasteiger partial charge is 0.372 e. The van der Waals surface area contributed by atoms with Gasteiger partial charge in [-0.25, -0.2) is 9.59 Å². The van der Waals surface area contributed by atoms with Crippen LogP contribution in [-0.2, 0) is 33.9 Å². The summed E-state index contributed by atoms with van der Waals surface area (Å²) in [6, 6.07) is 0. The Morgan fingerprint density at radius 3 is 2.18 bits per heavy atom. The van der Waals surface area contributed by atoms with Crippen LogP contribution < -0.4 is 0 Å². The van der Waals surface area contributed by atoms with Crippen molar-refractivity contribution in [3.8, 4) is 0 Å². The molecule has 0 amide bonds. The molecule has 0 aliphatic rings. The molecule has 0 aromatic heterocycles. The lowest BCUT2D eigenvalue weighted by Gasteiger charge is -2.02. The SMILES string of the molecule is C=C(C)C(=O)OOOC(=O)CCC(=O)OCC. The van der Waals surface area contributed by atoms with E-state index in [1.54, 1.807) is 6.92 Å². The molecule has 0 spiro atoms. The van der Waals surface area contributed by atoms with Gasteiger partial charge in [0.2, 0.25) is 0 Å². The Balaban J connectivity index is 3.63. The zero-order valence-electron chi connectivity index (χ0n) is 9.69. The van der Waals surface area contributed by atoms with Crippen LogP contribution in [0.4, 0.5) is 0 Å². The van der Waals surface area contributed by atoms with Crippen LogP contribution in [0, 0.1) is 0 Å². The van der Waals surface area contributed by atoms with Crippen molar-refractivity contribution in [2.75, 3.05) is 6.61 Å². The summed E-state index contributed by atoms with van der Waals surface area (Å²) < 4.78 is 4.58. The minimum Gasteiger partial charge on any atom is -0.466 e. The second-order valence-corrected chi connectivity index (χ2v) is 2.98. The molecule has 7 nitrogen and oxygen atoms in total. The number of carbonyl (C=O) groups is 3. The molecule has 96 valence electrons. The third-order valence-electron chi connectivity index (χ3n) is 1.42. The van der Waals surface area contributed by atoms with Crippen LogP contribution in [0.2, 0.25) is 0 Å². The first-order chi connectivity index (χ1) is 7.97. The van der Waals surface area contributed by atoms with E-state index in [9.17, 15) is 14.4 Å². The topological polar surface area (TPSA) is 88.1 Å². The fourth-order valence-electron chi connectivity index (χ4n) is 0.636. The maximum atomic E-state index is 10.9. The van der Waals surface area contributed by atoms with Gasteiger partial charge < -0.3 is 4.74 Å². The van der Waals surface area contributed by atoms with Crippen LogP contribution in [0.25, 0.3) is 0 Å². The quantitative estimate of drug-likeness (QED) is 0.284. The summed E-state index contributed by atoms with van der Waals surface area (Å²) >= 11 is 0. The van der Waals surface area contributed by atoms with E-state index in [1.807, 2.05) is 0 Å². The summed E-state index contributed by atoms with van der Waals surface area (Å²) in [6.07, 6.45) is -0.367. The molecule has 0 aromatic rings. The van der Waals surface area contributed by atoms with Crippen molar-refractivity contribution >= 4 is 17.9 Å². The number of ether oxygens (including phenoxy) is 1. The molecule has 0 heterocycles. The second-order valence-electron chi connectivity index (χ2n) is 2.98.